The molecular weight excluding hydrogens is 360 g/mol. The van der Waals surface area contributed by atoms with Crippen LogP contribution in [0.3, 0.4) is 0 Å². The maximum atomic E-state index is 13.0. The molecule has 1 atom stereocenters. The molecule has 140 valence electrons. The van der Waals surface area contributed by atoms with Crippen LogP contribution in [0.1, 0.15) is 56.1 Å². The van der Waals surface area contributed by atoms with Gasteiger partial charge in [0.25, 0.3) is 5.56 Å². The highest BCUT2D eigenvalue weighted by atomic mass is 32.2. The number of thioether (sulfide) groups is 1. The number of nitrogens with zero attached hydrogens (tertiary/aromatic N) is 2. The van der Waals surface area contributed by atoms with Gasteiger partial charge in [-0.05, 0) is 37.0 Å². The van der Waals surface area contributed by atoms with E-state index in [0.29, 0.717) is 28.5 Å². The molecule has 0 amide bonds. The number of rotatable bonds is 5. The van der Waals surface area contributed by atoms with Crippen LogP contribution >= 0.6 is 11.8 Å². The fraction of sp³-hybridized carbons (Fsp3) is 0.400. The molecule has 0 bridgehead atoms. The molecule has 0 saturated carbocycles. The number of aromatic nitrogens is 3. The molecule has 2 aromatic heterocycles. The van der Waals surface area contributed by atoms with Crippen LogP contribution in [0.2, 0.25) is 0 Å². The summed E-state index contributed by atoms with van der Waals surface area (Å²) >= 11 is 1.56. The molecule has 0 aromatic carbocycles. The van der Waals surface area contributed by atoms with Crippen molar-refractivity contribution in [3.63, 3.8) is 0 Å². The molecule has 4 rings (SSSR count). The van der Waals surface area contributed by atoms with Gasteiger partial charge in [0.1, 0.15) is 5.82 Å². The topological polar surface area (TPSA) is 87.7 Å². The Kier molecular flexibility index (Phi) is 5.11. The van der Waals surface area contributed by atoms with Gasteiger partial charge in [-0.25, -0.2) is 4.98 Å². The Morgan fingerprint density at radius 1 is 1.22 bits per heavy atom. The number of anilines is 1. The summed E-state index contributed by atoms with van der Waals surface area (Å²) in [6.07, 6.45) is 7.71. The van der Waals surface area contributed by atoms with Gasteiger partial charge in [0, 0.05) is 41.8 Å². The maximum absolute atomic E-state index is 13.0. The Morgan fingerprint density at radius 2 is 2.04 bits per heavy atom. The lowest BCUT2D eigenvalue weighted by molar-refractivity contribution is -0.116. The predicted octanol–water partition coefficient (Wildman–Crippen LogP) is 3.62. The van der Waals surface area contributed by atoms with Gasteiger partial charge in [-0.3, -0.25) is 14.6 Å². The van der Waals surface area contributed by atoms with E-state index >= 15 is 0 Å². The number of nitrogens with one attached hydrogen (secondary N) is 2. The minimum atomic E-state index is -0.391. The molecule has 0 spiro atoms. The summed E-state index contributed by atoms with van der Waals surface area (Å²) in [5.41, 5.74) is 2.85. The number of hydrogen-bond donors (Lipinski definition) is 2. The summed E-state index contributed by atoms with van der Waals surface area (Å²) in [6.45, 7) is 2.14. The van der Waals surface area contributed by atoms with Crippen LogP contribution in [0, 0.1) is 0 Å². The third-order valence-corrected chi connectivity index (χ3v) is 5.97. The molecule has 6 nitrogen and oxygen atoms in total. The molecule has 27 heavy (non-hydrogen) atoms. The highest BCUT2D eigenvalue weighted by Crippen LogP contribution is 2.43. The molecule has 3 heterocycles. The number of ketones is 1. The standard InChI is InChI=1S/C20H22N4O2S/c1-2-3-11-27-20-23-18-17(19(26)24-20)15(12-7-9-21-10-8-12)16-13(22-18)5-4-6-14(16)25/h7-10,15H,2-6,11H2,1H3,(H2,22,23,24,26). The van der Waals surface area contributed by atoms with E-state index < -0.39 is 5.92 Å². The Hall–Kier alpha value is -2.41. The second-order valence-electron chi connectivity index (χ2n) is 6.84. The van der Waals surface area contributed by atoms with Crippen LogP contribution in [0.25, 0.3) is 0 Å². The zero-order valence-electron chi connectivity index (χ0n) is 15.2. The summed E-state index contributed by atoms with van der Waals surface area (Å²) < 4.78 is 0. The molecule has 1 aliphatic heterocycles. The lowest BCUT2D eigenvalue weighted by Gasteiger charge is -2.32. The van der Waals surface area contributed by atoms with Gasteiger partial charge in [-0.15, -0.1) is 0 Å². The van der Waals surface area contributed by atoms with Crippen molar-refractivity contribution in [1.82, 2.24) is 15.0 Å². The van der Waals surface area contributed by atoms with E-state index in [1.807, 2.05) is 12.1 Å². The van der Waals surface area contributed by atoms with Crippen molar-refractivity contribution in [2.45, 2.75) is 50.1 Å². The van der Waals surface area contributed by atoms with Crippen LogP contribution in [-0.4, -0.2) is 26.5 Å². The van der Waals surface area contributed by atoms with Gasteiger partial charge in [-0.2, -0.15) is 0 Å². The largest absolute Gasteiger partial charge is 0.343 e. The van der Waals surface area contributed by atoms with Gasteiger partial charge >= 0.3 is 0 Å². The molecule has 1 unspecified atom stereocenters. The van der Waals surface area contributed by atoms with E-state index in [1.54, 1.807) is 24.2 Å². The van der Waals surface area contributed by atoms with Gasteiger partial charge < -0.3 is 10.3 Å². The fourth-order valence-corrected chi connectivity index (χ4v) is 4.66. The van der Waals surface area contributed by atoms with Crippen LogP contribution in [0.4, 0.5) is 5.82 Å². The van der Waals surface area contributed by atoms with Crippen molar-refractivity contribution in [3.05, 3.63) is 57.3 Å². The average molecular weight is 382 g/mol. The second-order valence-corrected chi connectivity index (χ2v) is 7.93. The first-order valence-corrected chi connectivity index (χ1v) is 10.4. The number of carbonyl (C=O) groups is 1. The number of hydrogen-bond acceptors (Lipinski definition) is 6. The van der Waals surface area contributed by atoms with E-state index in [2.05, 4.69) is 27.2 Å². The smallest absolute Gasteiger partial charge is 0.257 e. The fourth-order valence-electron chi connectivity index (χ4n) is 3.71. The third-order valence-electron chi connectivity index (χ3n) is 5.01. The molecule has 7 heteroatoms. The number of Topliss-reactive ketones (excluding diaryl/α,β-unsaturated/α-hetero) is 1. The van der Waals surface area contributed by atoms with Crippen LogP contribution in [0.5, 0.6) is 0 Å². The molecule has 0 fully saturated rings. The Balaban J connectivity index is 1.83. The Labute approximate surface area is 161 Å². The normalized spacial score (nSPS) is 18.7. The number of unbranched alkanes of at least 4 members (excludes halogenated alkanes) is 1. The monoisotopic (exact) mass is 382 g/mol. The first-order valence-electron chi connectivity index (χ1n) is 9.39. The van der Waals surface area contributed by atoms with Crippen molar-refractivity contribution < 1.29 is 4.79 Å². The van der Waals surface area contributed by atoms with E-state index in [1.165, 1.54) is 0 Å². The minimum Gasteiger partial charge on any atom is -0.343 e. The summed E-state index contributed by atoms with van der Waals surface area (Å²) in [7, 11) is 0. The molecule has 2 N–H and O–H groups in total. The molecule has 0 saturated heterocycles. The summed E-state index contributed by atoms with van der Waals surface area (Å²) in [5.74, 6) is 1.21. The Morgan fingerprint density at radius 3 is 2.81 bits per heavy atom. The minimum absolute atomic E-state index is 0.108. The highest BCUT2D eigenvalue weighted by molar-refractivity contribution is 7.99. The zero-order valence-corrected chi connectivity index (χ0v) is 16.1. The number of H-pyrrole nitrogens is 1. The first kappa shape index (κ1) is 18.0. The van der Waals surface area contributed by atoms with Gasteiger partial charge in [0.05, 0.1) is 5.56 Å². The average Bonchev–Trinajstić information content (AvgIpc) is 2.67. The van der Waals surface area contributed by atoms with Crippen molar-refractivity contribution in [1.29, 1.82) is 0 Å². The Bertz CT molecular complexity index is 952. The summed E-state index contributed by atoms with van der Waals surface area (Å²) in [5, 5.41) is 3.92. The number of carbonyl (C=O) groups excluding carboxylic acids is 1. The van der Waals surface area contributed by atoms with Crippen molar-refractivity contribution in [2.24, 2.45) is 0 Å². The maximum Gasteiger partial charge on any atom is 0.257 e. The number of pyridine rings is 1. The van der Waals surface area contributed by atoms with Crippen LogP contribution in [-0.2, 0) is 4.79 Å². The van der Waals surface area contributed by atoms with Gasteiger partial charge in [0.15, 0.2) is 10.9 Å². The van der Waals surface area contributed by atoms with E-state index in [-0.39, 0.29) is 11.3 Å². The molecule has 2 aromatic rings. The number of aromatic amines is 1. The SMILES string of the molecule is CCCCSc1nc2c(c(=O)[nH]1)C(c1ccncc1)C1=C(CCCC1=O)N2. The summed E-state index contributed by atoms with van der Waals surface area (Å²) in [6, 6.07) is 3.74. The zero-order chi connectivity index (χ0) is 18.8. The summed E-state index contributed by atoms with van der Waals surface area (Å²) in [4.78, 5) is 37.4. The molecule has 1 aliphatic carbocycles. The van der Waals surface area contributed by atoms with E-state index in [0.717, 1.165) is 42.7 Å². The highest BCUT2D eigenvalue weighted by Gasteiger charge is 2.37. The third kappa shape index (κ3) is 3.43. The van der Waals surface area contributed by atoms with E-state index in [4.69, 9.17) is 0 Å². The van der Waals surface area contributed by atoms with Gasteiger partial charge in [0.2, 0.25) is 0 Å². The van der Waals surface area contributed by atoms with Crippen molar-refractivity contribution in [3.8, 4) is 0 Å². The van der Waals surface area contributed by atoms with Gasteiger partial charge in [-0.1, -0.05) is 25.1 Å². The lowest BCUT2D eigenvalue weighted by atomic mass is 9.77. The molecule has 2 aliphatic rings. The van der Waals surface area contributed by atoms with Crippen LogP contribution < -0.4 is 10.9 Å². The lowest BCUT2D eigenvalue weighted by Crippen LogP contribution is -2.32. The van der Waals surface area contributed by atoms with E-state index in [9.17, 15) is 9.59 Å². The van der Waals surface area contributed by atoms with Crippen LogP contribution in [0.15, 0.2) is 45.7 Å². The predicted molar refractivity (Wildman–Crippen MR) is 106 cm³/mol. The first-order chi connectivity index (χ1) is 13.2. The molecular formula is C20H22N4O2S. The van der Waals surface area contributed by atoms with Crippen molar-refractivity contribution >= 4 is 23.4 Å². The molecule has 0 radical (unpaired) electrons. The quantitative estimate of drug-likeness (QED) is 0.466. The second kappa shape index (κ2) is 7.68. The number of fused-ring (bicyclic) bond motifs is 1. The number of allylic oxidation sites excluding steroid dienone is 2. The van der Waals surface area contributed by atoms with Crippen molar-refractivity contribution in [2.75, 3.05) is 11.1 Å².